The first kappa shape index (κ1) is 19.4. The predicted octanol–water partition coefficient (Wildman–Crippen LogP) is 5.27. The molecule has 3 nitrogen and oxygen atoms in total. The Labute approximate surface area is 158 Å². The van der Waals surface area contributed by atoms with Gasteiger partial charge >= 0.3 is 0 Å². The van der Waals surface area contributed by atoms with E-state index in [4.69, 9.17) is 0 Å². The summed E-state index contributed by atoms with van der Waals surface area (Å²) < 4.78 is 0. The minimum atomic E-state index is -0.157. The van der Waals surface area contributed by atoms with Crippen LogP contribution in [0.5, 0.6) is 0 Å². The Hall–Kier alpha value is -1.38. The zero-order valence-electron chi connectivity index (χ0n) is 16.6. The fraction of sp³-hybridized carbons (Fsp3) is 0.739. The highest BCUT2D eigenvalue weighted by Gasteiger charge is 2.49. The highest BCUT2D eigenvalue weighted by Crippen LogP contribution is 2.60. The van der Waals surface area contributed by atoms with Gasteiger partial charge in [-0.25, -0.2) is 0 Å². The summed E-state index contributed by atoms with van der Waals surface area (Å²) in [4.78, 5) is 24.3. The van der Waals surface area contributed by atoms with Gasteiger partial charge in [-0.15, -0.1) is 0 Å². The van der Waals surface area contributed by atoms with Gasteiger partial charge in [0.1, 0.15) is 0 Å². The largest absolute Gasteiger partial charge is 0.275 e. The van der Waals surface area contributed by atoms with Crippen molar-refractivity contribution < 1.29 is 9.59 Å². The first-order chi connectivity index (χ1) is 12.5. The van der Waals surface area contributed by atoms with E-state index >= 15 is 0 Å². The fourth-order valence-electron chi connectivity index (χ4n) is 5.71. The van der Waals surface area contributed by atoms with Gasteiger partial charge in [0, 0.05) is 18.7 Å². The van der Waals surface area contributed by atoms with Crippen LogP contribution in [0.15, 0.2) is 24.3 Å². The third-order valence-electron chi connectivity index (χ3n) is 7.10. The van der Waals surface area contributed by atoms with E-state index in [1.165, 1.54) is 55.6 Å². The fourth-order valence-corrected chi connectivity index (χ4v) is 5.71. The number of carbonyl (C=O) groups is 2. The second-order valence-corrected chi connectivity index (χ2v) is 9.08. The number of unbranched alkanes of at least 4 members (excludes halogenated alkanes) is 3. The molecule has 3 aliphatic rings. The summed E-state index contributed by atoms with van der Waals surface area (Å²) in [6.07, 6.45) is 20.4. The molecule has 0 N–H and O–H groups in total. The topological polar surface area (TPSA) is 37.4 Å². The third-order valence-corrected chi connectivity index (χ3v) is 7.10. The van der Waals surface area contributed by atoms with E-state index in [0.29, 0.717) is 12.0 Å². The number of fused-ring (bicyclic) bond motifs is 2. The first-order valence-corrected chi connectivity index (χ1v) is 10.7. The Balaban J connectivity index is 1.32. The van der Waals surface area contributed by atoms with Gasteiger partial charge in [0.15, 0.2) is 0 Å². The van der Waals surface area contributed by atoms with Crippen molar-refractivity contribution in [2.24, 2.45) is 23.2 Å². The van der Waals surface area contributed by atoms with Crippen LogP contribution in [-0.4, -0.2) is 23.3 Å². The number of hydrogen-bond donors (Lipinski definition) is 0. The molecular weight excluding hydrogens is 322 g/mol. The molecule has 0 aromatic heterocycles. The second kappa shape index (κ2) is 8.54. The minimum absolute atomic E-state index is 0.157. The molecule has 3 rings (SSSR count). The van der Waals surface area contributed by atoms with Crippen LogP contribution in [0.4, 0.5) is 0 Å². The molecule has 1 heterocycles. The van der Waals surface area contributed by atoms with Gasteiger partial charge in [-0.2, -0.15) is 0 Å². The lowest BCUT2D eigenvalue weighted by molar-refractivity contribution is -0.136. The molecule has 2 fully saturated rings. The van der Waals surface area contributed by atoms with Crippen LogP contribution in [0.2, 0.25) is 0 Å². The van der Waals surface area contributed by atoms with Crippen LogP contribution in [0, 0.1) is 23.2 Å². The maximum absolute atomic E-state index is 11.5. The number of allylic oxidation sites excluding steroid dienone is 2. The van der Waals surface area contributed by atoms with E-state index in [2.05, 4.69) is 26.0 Å². The van der Waals surface area contributed by atoms with Crippen LogP contribution in [-0.2, 0) is 9.59 Å². The molecule has 0 saturated heterocycles. The normalized spacial score (nSPS) is 29.0. The van der Waals surface area contributed by atoms with E-state index in [1.54, 1.807) is 0 Å². The molecule has 26 heavy (non-hydrogen) atoms. The van der Waals surface area contributed by atoms with Gasteiger partial charge in [-0.05, 0) is 81.0 Å². The number of rotatable bonds is 10. The standard InChI is InChI=1S/C23H35NO2/c1-18(2)20(23-14-12-19(17-23)13-15-23)9-7-5-3-4-6-8-16-24-21(25)10-11-22(24)26/h5,7,10-11,18-20H,3-4,6,8-9,12-17H2,1-2H3. The van der Waals surface area contributed by atoms with E-state index in [9.17, 15) is 9.59 Å². The van der Waals surface area contributed by atoms with Crippen LogP contribution >= 0.6 is 0 Å². The van der Waals surface area contributed by atoms with E-state index < -0.39 is 0 Å². The van der Waals surface area contributed by atoms with Gasteiger partial charge in [0.2, 0.25) is 0 Å². The van der Waals surface area contributed by atoms with Gasteiger partial charge in [0.05, 0.1) is 0 Å². The monoisotopic (exact) mass is 357 g/mol. The van der Waals surface area contributed by atoms with Gasteiger partial charge in [-0.3, -0.25) is 14.5 Å². The summed E-state index contributed by atoms with van der Waals surface area (Å²) in [6.45, 7) is 5.39. The average molecular weight is 358 g/mol. The highest BCUT2D eigenvalue weighted by atomic mass is 16.2. The SMILES string of the molecule is CC(C)C(CC=CCCCCCN1C(=O)C=CC1=O)C12CCC(CC1)C2. The van der Waals surface area contributed by atoms with E-state index in [1.807, 2.05) is 0 Å². The summed E-state index contributed by atoms with van der Waals surface area (Å²) in [5.41, 5.74) is 0.659. The lowest BCUT2D eigenvalue weighted by atomic mass is 9.67. The zero-order valence-corrected chi connectivity index (χ0v) is 16.6. The molecule has 1 atom stereocenters. The zero-order chi connectivity index (χ0) is 18.6. The molecule has 0 aromatic rings. The summed E-state index contributed by atoms with van der Waals surface area (Å²) in [5.74, 6) is 2.35. The lowest BCUT2D eigenvalue weighted by Crippen LogP contribution is -2.30. The molecule has 1 unspecified atom stereocenters. The van der Waals surface area contributed by atoms with Crippen molar-refractivity contribution >= 4 is 11.8 Å². The molecule has 3 heteroatoms. The molecule has 0 spiro atoms. The Kier molecular flexibility index (Phi) is 6.37. The summed E-state index contributed by atoms with van der Waals surface area (Å²) in [5, 5.41) is 0. The first-order valence-electron chi connectivity index (χ1n) is 10.7. The molecule has 144 valence electrons. The van der Waals surface area contributed by atoms with Crippen molar-refractivity contribution in [1.82, 2.24) is 4.90 Å². The number of hydrogen-bond acceptors (Lipinski definition) is 2. The Morgan fingerprint density at radius 1 is 1.08 bits per heavy atom. The highest BCUT2D eigenvalue weighted by molar-refractivity contribution is 6.12. The van der Waals surface area contributed by atoms with Crippen molar-refractivity contribution in [3.63, 3.8) is 0 Å². The number of imide groups is 1. The average Bonchev–Trinajstić information content (AvgIpc) is 3.30. The van der Waals surface area contributed by atoms with Gasteiger partial charge < -0.3 is 0 Å². The maximum atomic E-state index is 11.5. The van der Waals surface area contributed by atoms with Crippen molar-refractivity contribution in [1.29, 1.82) is 0 Å². The third kappa shape index (κ3) is 4.29. The van der Waals surface area contributed by atoms with Crippen LogP contribution < -0.4 is 0 Å². The maximum Gasteiger partial charge on any atom is 0.253 e. The van der Waals surface area contributed by atoms with E-state index in [-0.39, 0.29) is 11.8 Å². The van der Waals surface area contributed by atoms with Gasteiger partial charge in [0.25, 0.3) is 11.8 Å². The van der Waals surface area contributed by atoms with Crippen LogP contribution in [0.25, 0.3) is 0 Å². The molecule has 2 amide bonds. The predicted molar refractivity (Wildman–Crippen MR) is 105 cm³/mol. The smallest absolute Gasteiger partial charge is 0.253 e. The Morgan fingerprint density at radius 3 is 2.35 bits per heavy atom. The van der Waals surface area contributed by atoms with E-state index in [0.717, 1.165) is 43.4 Å². The van der Waals surface area contributed by atoms with Gasteiger partial charge in [-0.1, -0.05) is 32.4 Å². The van der Waals surface area contributed by atoms with Crippen molar-refractivity contribution in [2.45, 2.75) is 78.1 Å². The number of nitrogens with zero attached hydrogens (tertiary/aromatic N) is 1. The molecule has 0 aromatic carbocycles. The second-order valence-electron chi connectivity index (χ2n) is 9.08. The summed E-state index contributed by atoms with van der Waals surface area (Å²) >= 11 is 0. The summed E-state index contributed by atoms with van der Waals surface area (Å²) in [6, 6.07) is 0. The lowest BCUT2D eigenvalue weighted by Gasteiger charge is -2.38. The molecule has 2 saturated carbocycles. The van der Waals surface area contributed by atoms with Crippen molar-refractivity contribution in [3.8, 4) is 0 Å². The van der Waals surface area contributed by atoms with Crippen molar-refractivity contribution in [3.05, 3.63) is 24.3 Å². The molecule has 1 aliphatic heterocycles. The summed E-state index contributed by atoms with van der Waals surface area (Å²) in [7, 11) is 0. The quantitative estimate of drug-likeness (QED) is 0.303. The molecule has 2 bridgehead atoms. The van der Waals surface area contributed by atoms with Crippen LogP contribution in [0.1, 0.15) is 78.1 Å². The minimum Gasteiger partial charge on any atom is -0.275 e. The number of carbonyl (C=O) groups excluding carboxylic acids is 2. The molecule has 2 aliphatic carbocycles. The Bertz CT molecular complexity index is 549. The number of amides is 2. The van der Waals surface area contributed by atoms with Crippen molar-refractivity contribution in [2.75, 3.05) is 6.54 Å². The Morgan fingerprint density at radius 2 is 1.77 bits per heavy atom. The van der Waals surface area contributed by atoms with Crippen LogP contribution in [0.3, 0.4) is 0 Å². The molecule has 0 radical (unpaired) electrons. The molecular formula is C23H35NO2.